The molecule has 0 aromatic carbocycles. The van der Waals surface area contributed by atoms with Gasteiger partial charge < -0.3 is 0 Å². The summed E-state index contributed by atoms with van der Waals surface area (Å²) >= 11 is 0. The largest absolute Gasteiger partial charge is 0.0845 e. The quantitative estimate of drug-likeness (QED) is 0.528. The second-order valence-corrected chi connectivity index (χ2v) is 3.49. The van der Waals surface area contributed by atoms with Crippen molar-refractivity contribution in [1.82, 2.24) is 0 Å². The lowest BCUT2D eigenvalue weighted by Crippen LogP contribution is -1.75. The summed E-state index contributed by atoms with van der Waals surface area (Å²) in [5.74, 6) is 0. The molecule has 75 valence electrons. The normalized spacial score (nSPS) is 28.6. The fourth-order valence-electron chi connectivity index (χ4n) is 1.39. The summed E-state index contributed by atoms with van der Waals surface area (Å²) in [7, 11) is 0. The molecule has 0 bridgehead atoms. The van der Waals surface area contributed by atoms with Crippen LogP contribution in [0.25, 0.3) is 0 Å². The van der Waals surface area contributed by atoms with Crippen LogP contribution in [0.15, 0.2) is 42.5 Å². The molecule has 0 atom stereocenters. The minimum Gasteiger partial charge on any atom is -0.0845 e. The van der Waals surface area contributed by atoms with E-state index in [1.54, 1.807) is 0 Å². The van der Waals surface area contributed by atoms with Crippen LogP contribution in [0.5, 0.6) is 0 Å². The zero-order valence-corrected chi connectivity index (χ0v) is 8.78. The van der Waals surface area contributed by atoms with Gasteiger partial charge in [0.05, 0.1) is 0 Å². The highest BCUT2D eigenvalue weighted by atomic mass is 13.9. The highest BCUT2D eigenvalue weighted by Crippen LogP contribution is 2.05. The van der Waals surface area contributed by atoms with E-state index >= 15 is 0 Å². The Hall–Kier alpha value is -1.04. The molecule has 1 aliphatic carbocycles. The average molecular weight is 187 g/mol. The predicted octanol–water partition coefficient (Wildman–Crippen LogP) is 4.37. The number of allylic oxidation sites excluding steroid dienone is 8. The lowest BCUT2D eigenvalue weighted by molar-refractivity contribution is 0.695. The highest BCUT2D eigenvalue weighted by molar-refractivity contribution is 5.11. The van der Waals surface area contributed by atoms with Crippen molar-refractivity contribution in [1.29, 1.82) is 0 Å². The number of hydrogen-bond acceptors (Lipinski definition) is 0. The molecule has 0 nitrogen and oxygen atoms in total. The van der Waals surface area contributed by atoms with Crippen molar-refractivity contribution in [2.75, 3.05) is 0 Å². The molecule has 1 aliphatic rings. The molecule has 0 N–H and O–H groups in total. The van der Waals surface area contributed by atoms with Crippen LogP contribution in [-0.4, -0.2) is 0 Å². The molecule has 0 amide bonds. The standard InChI is InChI=1S/C14H19/c1-2-4-6-8-10-12-14-13-11-9-7-5-3-1/h1-6,12H,7-9,11,13-14H2/b2-1-,5-3+,6-4+,12-10?. The van der Waals surface area contributed by atoms with Gasteiger partial charge in [-0.15, -0.1) is 0 Å². The van der Waals surface area contributed by atoms with Crippen molar-refractivity contribution in [2.45, 2.75) is 38.5 Å². The van der Waals surface area contributed by atoms with Gasteiger partial charge in [-0.1, -0.05) is 49.0 Å². The van der Waals surface area contributed by atoms with Gasteiger partial charge in [0, 0.05) is 0 Å². The van der Waals surface area contributed by atoms with Gasteiger partial charge in [0.25, 0.3) is 0 Å². The van der Waals surface area contributed by atoms with Gasteiger partial charge in [-0.2, -0.15) is 0 Å². The van der Waals surface area contributed by atoms with E-state index in [1.165, 1.54) is 32.1 Å². The summed E-state index contributed by atoms with van der Waals surface area (Å²) in [6, 6.07) is 0. The number of hydrogen-bond donors (Lipinski definition) is 0. The van der Waals surface area contributed by atoms with E-state index in [0.717, 1.165) is 6.42 Å². The van der Waals surface area contributed by atoms with Gasteiger partial charge >= 0.3 is 0 Å². The summed E-state index contributed by atoms with van der Waals surface area (Å²) in [6.07, 6.45) is 25.5. The first kappa shape index (κ1) is 11.0. The summed E-state index contributed by atoms with van der Waals surface area (Å²) in [4.78, 5) is 0. The predicted molar refractivity (Wildman–Crippen MR) is 62.9 cm³/mol. The second-order valence-electron chi connectivity index (χ2n) is 3.49. The fourth-order valence-corrected chi connectivity index (χ4v) is 1.39. The summed E-state index contributed by atoms with van der Waals surface area (Å²) in [6.45, 7) is 0. The molecule has 0 spiro atoms. The molecule has 0 aromatic rings. The van der Waals surface area contributed by atoms with Crippen molar-refractivity contribution in [3.63, 3.8) is 0 Å². The Kier molecular flexibility index (Phi) is 6.74. The minimum atomic E-state index is 0.939. The van der Waals surface area contributed by atoms with Crippen LogP contribution in [0.1, 0.15) is 38.5 Å². The van der Waals surface area contributed by atoms with Gasteiger partial charge in [-0.3, -0.25) is 0 Å². The van der Waals surface area contributed by atoms with E-state index in [1.807, 2.05) is 0 Å². The first-order valence-electron chi connectivity index (χ1n) is 5.53. The topological polar surface area (TPSA) is 0 Å². The Balaban J connectivity index is 2.36. The maximum Gasteiger partial charge on any atom is -0.00948 e. The smallest absolute Gasteiger partial charge is 0.00948 e. The molecule has 0 unspecified atom stereocenters. The maximum absolute atomic E-state index is 3.28. The molecule has 0 saturated heterocycles. The van der Waals surface area contributed by atoms with Gasteiger partial charge in [-0.25, -0.2) is 0 Å². The zero-order valence-electron chi connectivity index (χ0n) is 8.78. The van der Waals surface area contributed by atoms with Crippen molar-refractivity contribution in [3.05, 3.63) is 48.6 Å². The Morgan fingerprint density at radius 2 is 1.50 bits per heavy atom. The van der Waals surface area contributed by atoms with E-state index in [2.05, 4.69) is 48.6 Å². The average Bonchev–Trinajstić information content (AvgIpc) is 2.22. The SMILES string of the molecule is [C]1=C/CCCCC/C=C/C=C\C=C\C/1. The highest BCUT2D eigenvalue weighted by Gasteiger charge is 1.85. The second kappa shape index (κ2) is 8.55. The van der Waals surface area contributed by atoms with Gasteiger partial charge in [0.15, 0.2) is 0 Å². The van der Waals surface area contributed by atoms with Crippen LogP contribution in [-0.2, 0) is 0 Å². The molecule has 14 heavy (non-hydrogen) atoms. The van der Waals surface area contributed by atoms with Crippen molar-refractivity contribution in [3.8, 4) is 0 Å². The third-order valence-corrected chi connectivity index (χ3v) is 2.20. The van der Waals surface area contributed by atoms with E-state index in [4.69, 9.17) is 0 Å². The Bertz CT molecular complexity index is 228. The zero-order chi connectivity index (χ0) is 9.90. The third kappa shape index (κ3) is 6.47. The van der Waals surface area contributed by atoms with Crippen LogP contribution >= 0.6 is 0 Å². The fraction of sp³-hybridized carbons (Fsp3) is 0.429. The molecular formula is C14H19. The monoisotopic (exact) mass is 187 g/mol. The summed E-state index contributed by atoms with van der Waals surface area (Å²) < 4.78 is 0. The maximum atomic E-state index is 3.28. The minimum absolute atomic E-state index is 0.939. The third-order valence-electron chi connectivity index (χ3n) is 2.20. The van der Waals surface area contributed by atoms with E-state index < -0.39 is 0 Å². The molecule has 1 radical (unpaired) electrons. The van der Waals surface area contributed by atoms with E-state index in [9.17, 15) is 0 Å². The molecule has 1 rings (SSSR count). The van der Waals surface area contributed by atoms with Crippen LogP contribution in [0.2, 0.25) is 0 Å². The Morgan fingerprint density at radius 1 is 0.714 bits per heavy atom. The molecule has 0 fully saturated rings. The molecule has 0 heteroatoms. The van der Waals surface area contributed by atoms with Gasteiger partial charge in [0.2, 0.25) is 0 Å². The molecule has 0 heterocycles. The van der Waals surface area contributed by atoms with Crippen molar-refractivity contribution >= 4 is 0 Å². The molecule has 0 aliphatic heterocycles. The van der Waals surface area contributed by atoms with Gasteiger partial charge in [0.1, 0.15) is 0 Å². The Labute approximate surface area is 87.7 Å². The lowest BCUT2D eigenvalue weighted by Gasteiger charge is -1.94. The first-order chi connectivity index (χ1) is 7.00. The van der Waals surface area contributed by atoms with Crippen LogP contribution < -0.4 is 0 Å². The Morgan fingerprint density at radius 3 is 2.43 bits per heavy atom. The van der Waals surface area contributed by atoms with Crippen molar-refractivity contribution < 1.29 is 0 Å². The van der Waals surface area contributed by atoms with Crippen LogP contribution in [0, 0.1) is 6.08 Å². The first-order valence-corrected chi connectivity index (χ1v) is 5.53. The van der Waals surface area contributed by atoms with Crippen molar-refractivity contribution in [2.24, 2.45) is 0 Å². The number of rotatable bonds is 0. The molecular weight excluding hydrogens is 168 g/mol. The van der Waals surface area contributed by atoms with Crippen LogP contribution in [0.3, 0.4) is 0 Å². The molecule has 0 saturated carbocycles. The van der Waals surface area contributed by atoms with E-state index in [-0.39, 0.29) is 0 Å². The molecule has 0 aromatic heterocycles. The summed E-state index contributed by atoms with van der Waals surface area (Å²) in [5.41, 5.74) is 0. The summed E-state index contributed by atoms with van der Waals surface area (Å²) in [5, 5.41) is 0. The van der Waals surface area contributed by atoms with Gasteiger partial charge in [-0.05, 0) is 38.2 Å². The van der Waals surface area contributed by atoms with Crippen LogP contribution in [0.4, 0.5) is 0 Å². The lowest BCUT2D eigenvalue weighted by atomic mass is 10.1. The van der Waals surface area contributed by atoms with E-state index in [0.29, 0.717) is 0 Å².